The van der Waals surface area contributed by atoms with E-state index in [1.165, 1.54) is 10.8 Å². The molecule has 0 aromatic rings. The van der Waals surface area contributed by atoms with Crippen molar-refractivity contribution < 1.29 is 0 Å². The minimum absolute atomic E-state index is 0. The molecule has 0 rings (SSSR count). The molecule has 0 saturated carbocycles. The van der Waals surface area contributed by atoms with Crippen molar-refractivity contribution >= 4 is 76.6 Å². The Morgan fingerprint density at radius 3 is 1.00 bits per heavy atom. The molecule has 0 atom stereocenters. The average Bonchev–Trinajstić information content (AvgIpc) is 1.39. The summed E-state index contributed by atoms with van der Waals surface area (Å²) in [6.45, 7) is 0. The third-order valence-corrected chi connectivity index (χ3v) is 0. The van der Waals surface area contributed by atoms with Crippen molar-refractivity contribution in [3.05, 3.63) is 0 Å². The molecule has 0 spiro atoms. The predicted molar refractivity (Wildman–Crippen MR) is 36.3 cm³/mol. The first kappa shape index (κ1) is 15.8. The summed E-state index contributed by atoms with van der Waals surface area (Å²) in [5, 5.41) is 17.3. The number of thiol groups is 2. The fraction of sp³-hybridized carbons (Fsp3) is 0. The van der Waals surface area contributed by atoms with Gasteiger partial charge in [0.25, 0.3) is 0 Å². The van der Waals surface area contributed by atoms with Crippen LogP contribution >= 0.6 is 25.3 Å². The van der Waals surface area contributed by atoms with Gasteiger partial charge in [-0.1, -0.05) is 25.3 Å². The van der Waals surface area contributed by atoms with Crippen LogP contribution in [0, 0.1) is 21.3 Å². The molecule has 5 heteroatoms. The molecule has 7 heavy (non-hydrogen) atoms. The van der Waals surface area contributed by atoms with Crippen LogP contribution in [0.3, 0.4) is 0 Å². The van der Waals surface area contributed by atoms with Gasteiger partial charge in [0.15, 0.2) is 0 Å². The number of nitriles is 2. The summed E-state index contributed by atoms with van der Waals surface area (Å²) < 4.78 is 0. The standard InChI is InChI=1S/2CHNS.K.H/c2*2-1-3;;/h2*3H;;. The van der Waals surface area contributed by atoms with Crippen molar-refractivity contribution in [3.63, 3.8) is 0 Å². The van der Waals surface area contributed by atoms with Crippen LogP contribution in [0.4, 0.5) is 0 Å². The quantitative estimate of drug-likeness (QED) is 0.299. The van der Waals surface area contributed by atoms with Gasteiger partial charge in [-0.3, -0.25) is 0 Å². The zero-order valence-electron chi connectivity index (χ0n) is 2.79. The zero-order chi connectivity index (χ0) is 5.41. The van der Waals surface area contributed by atoms with Gasteiger partial charge in [-0.15, -0.1) is 0 Å². The molecule has 0 aliphatic carbocycles. The van der Waals surface area contributed by atoms with E-state index in [9.17, 15) is 0 Å². The van der Waals surface area contributed by atoms with E-state index in [4.69, 9.17) is 10.5 Å². The Balaban J connectivity index is -0.0000000400. The van der Waals surface area contributed by atoms with Crippen molar-refractivity contribution in [2.75, 3.05) is 0 Å². The second-order valence-corrected chi connectivity index (χ2v) is 0.600. The van der Waals surface area contributed by atoms with Crippen molar-refractivity contribution in [2.45, 2.75) is 0 Å². The van der Waals surface area contributed by atoms with Crippen molar-refractivity contribution in [3.8, 4) is 10.8 Å². The van der Waals surface area contributed by atoms with Gasteiger partial charge in [-0.25, -0.2) is 0 Å². The van der Waals surface area contributed by atoms with Gasteiger partial charge in [0.1, 0.15) is 10.8 Å². The molecule has 0 aliphatic heterocycles. The molecule has 0 radical (unpaired) electrons. The van der Waals surface area contributed by atoms with Crippen LogP contribution in [-0.4, -0.2) is 51.4 Å². The van der Waals surface area contributed by atoms with Gasteiger partial charge in [0, 0.05) is 0 Å². The number of thiocyanates is 2. The van der Waals surface area contributed by atoms with Gasteiger partial charge in [0.2, 0.25) is 0 Å². The van der Waals surface area contributed by atoms with E-state index < -0.39 is 0 Å². The van der Waals surface area contributed by atoms with Gasteiger partial charge >= 0.3 is 51.4 Å². The molecule has 0 aromatic carbocycles. The van der Waals surface area contributed by atoms with Crippen LogP contribution < -0.4 is 0 Å². The Bertz CT molecular complexity index is 68.7. The van der Waals surface area contributed by atoms with Crippen molar-refractivity contribution in [2.24, 2.45) is 0 Å². The summed E-state index contributed by atoms with van der Waals surface area (Å²) in [4.78, 5) is 0. The van der Waals surface area contributed by atoms with Crippen LogP contribution in [0.2, 0.25) is 0 Å². The average molecular weight is 158 g/mol. The first-order valence-electron chi connectivity index (χ1n) is 0.894. The van der Waals surface area contributed by atoms with Crippen molar-refractivity contribution in [1.29, 1.82) is 10.5 Å². The Hall–Kier alpha value is 1.32. The molecular weight excluding hydrogens is 155 g/mol. The fourth-order valence-corrected chi connectivity index (χ4v) is 0. The Morgan fingerprint density at radius 2 is 1.00 bits per heavy atom. The first-order chi connectivity index (χ1) is 2.83. The summed E-state index contributed by atoms with van der Waals surface area (Å²) in [6, 6.07) is 0. The van der Waals surface area contributed by atoms with E-state index in [-0.39, 0.29) is 51.4 Å². The number of hydrogen-bond donors (Lipinski definition) is 2. The minimum atomic E-state index is 0. The monoisotopic (exact) mass is 158 g/mol. The molecule has 0 heterocycles. The SMILES string of the molecule is N#CS.N#CS.[KH]. The number of rotatable bonds is 0. The normalized spacial score (nSPS) is 2.29. The summed E-state index contributed by atoms with van der Waals surface area (Å²) in [5.41, 5.74) is 0. The predicted octanol–water partition coefficient (Wildman–Crippen LogP) is 0.146. The fourth-order valence-electron chi connectivity index (χ4n) is 0. The van der Waals surface area contributed by atoms with Gasteiger partial charge < -0.3 is 0 Å². The van der Waals surface area contributed by atoms with E-state index in [1.807, 2.05) is 0 Å². The number of hydrogen-bond acceptors (Lipinski definition) is 4. The summed E-state index contributed by atoms with van der Waals surface area (Å²) >= 11 is 6.19. The van der Waals surface area contributed by atoms with Crippen LogP contribution in [0.1, 0.15) is 0 Å². The van der Waals surface area contributed by atoms with E-state index in [1.54, 1.807) is 0 Å². The summed E-state index contributed by atoms with van der Waals surface area (Å²) in [7, 11) is 0. The maximum atomic E-state index is 7.18. The molecule has 0 saturated heterocycles. The zero-order valence-corrected chi connectivity index (χ0v) is 4.58. The maximum absolute atomic E-state index is 7.18. The third kappa shape index (κ3) is 119. The van der Waals surface area contributed by atoms with Gasteiger partial charge in [-0.2, -0.15) is 10.5 Å². The van der Waals surface area contributed by atoms with Gasteiger partial charge in [-0.05, 0) is 0 Å². The molecule has 0 amide bonds. The topological polar surface area (TPSA) is 47.6 Å². The van der Waals surface area contributed by atoms with Crippen molar-refractivity contribution in [1.82, 2.24) is 0 Å². The second kappa shape index (κ2) is 26.5. The second-order valence-electron chi connectivity index (χ2n) is 0.200. The molecule has 0 aliphatic rings. The Kier molecular flexibility index (Phi) is 59.7. The van der Waals surface area contributed by atoms with Crippen LogP contribution in [-0.2, 0) is 0 Å². The van der Waals surface area contributed by atoms with E-state index >= 15 is 0 Å². The Morgan fingerprint density at radius 1 is 1.00 bits per heavy atom. The van der Waals surface area contributed by atoms with E-state index in [0.717, 1.165) is 0 Å². The molecule has 34 valence electrons. The first-order valence-corrected chi connectivity index (χ1v) is 1.79. The molecule has 2 nitrogen and oxygen atoms in total. The van der Waals surface area contributed by atoms with Crippen LogP contribution in [0.25, 0.3) is 0 Å². The summed E-state index contributed by atoms with van der Waals surface area (Å²) in [6.07, 6.45) is 0. The van der Waals surface area contributed by atoms with Crippen LogP contribution in [0.5, 0.6) is 0 Å². The molecule has 0 aromatic heterocycles. The molecule has 0 N–H and O–H groups in total. The third-order valence-electron chi connectivity index (χ3n) is 0. The van der Waals surface area contributed by atoms with Crippen LogP contribution in [0.15, 0.2) is 0 Å². The van der Waals surface area contributed by atoms with E-state index in [2.05, 4.69) is 25.3 Å². The number of nitrogens with zero attached hydrogens (tertiary/aromatic N) is 2. The molecule has 0 bridgehead atoms. The Labute approximate surface area is 96.1 Å². The van der Waals surface area contributed by atoms with Gasteiger partial charge in [0.05, 0.1) is 0 Å². The molecular formula is C2H3KN2S2. The van der Waals surface area contributed by atoms with E-state index in [0.29, 0.717) is 0 Å². The molecule has 0 unspecified atom stereocenters. The molecule has 0 fully saturated rings. The summed E-state index contributed by atoms with van der Waals surface area (Å²) in [5.74, 6) is 0.